The molecule has 0 aromatic carbocycles. The molecule has 4 rings (SSSR count). The molecule has 0 bridgehead atoms. The van der Waals surface area contributed by atoms with Crippen molar-refractivity contribution in [1.29, 1.82) is 0 Å². The molecule has 126 valence electrons. The number of rotatable bonds is 2. The summed E-state index contributed by atoms with van der Waals surface area (Å²) >= 11 is 0. The molecule has 3 aliphatic rings. The number of nitrogens with zero attached hydrogens (tertiary/aromatic N) is 4. The molecule has 0 spiro atoms. The summed E-state index contributed by atoms with van der Waals surface area (Å²) in [4.78, 5) is 14.7. The highest BCUT2D eigenvalue weighted by Crippen LogP contribution is 2.32. The van der Waals surface area contributed by atoms with Crippen molar-refractivity contribution in [2.45, 2.75) is 76.7 Å². The molecule has 23 heavy (non-hydrogen) atoms. The van der Waals surface area contributed by atoms with E-state index in [0.29, 0.717) is 17.7 Å². The summed E-state index contributed by atoms with van der Waals surface area (Å²) in [5.74, 6) is 3.59. The molecule has 1 saturated heterocycles. The van der Waals surface area contributed by atoms with E-state index in [0.717, 1.165) is 51.7 Å². The van der Waals surface area contributed by atoms with Crippen LogP contribution in [0.1, 0.15) is 75.4 Å². The number of likely N-dealkylation sites (tertiary alicyclic amines) is 1. The molecule has 1 aromatic heterocycles. The topological polar surface area (TPSA) is 51.0 Å². The zero-order chi connectivity index (χ0) is 15.6. The number of hydrogen-bond acceptors (Lipinski definition) is 3. The fourth-order valence-electron chi connectivity index (χ4n) is 4.60. The largest absolute Gasteiger partial charge is 0.342 e. The Bertz CT molecular complexity index is 553. The number of piperidine rings is 1. The van der Waals surface area contributed by atoms with Crippen molar-refractivity contribution in [1.82, 2.24) is 19.7 Å². The van der Waals surface area contributed by atoms with E-state index in [1.165, 1.54) is 43.8 Å². The molecule has 2 aliphatic heterocycles. The first-order valence-corrected chi connectivity index (χ1v) is 9.53. The van der Waals surface area contributed by atoms with Crippen LogP contribution >= 0.6 is 0 Å². The van der Waals surface area contributed by atoms with Crippen LogP contribution in [0, 0.1) is 5.92 Å². The van der Waals surface area contributed by atoms with Gasteiger partial charge in [0.25, 0.3) is 0 Å². The van der Waals surface area contributed by atoms with Crippen molar-refractivity contribution in [3.05, 3.63) is 11.6 Å². The van der Waals surface area contributed by atoms with E-state index in [1.54, 1.807) is 0 Å². The number of aryl methyl sites for hydroxylation is 1. The Kier molecular flexibility index (Phi) is 4.36. The Labute approximate surface area is 138 Å². The van der Waals surface area contributed by atoms with Gasteiger partial charge in [0.2, 0.25) is 5.91 Å². The lowest BCUT2D eigenvalue weighted by Gasteiger charge is -2.33. The van der Waals surface area contributed by atoms with Gasteiger partial charge in [0.05, 0.1) is 0 Å². The summed E-state index contributed by atoms with van der Waals surface area (Å²) in [6.45, 7) is 2.89. The maximum absolute atomic E-state index is 12.6. The average Bonchev–Trinajstić information content (AvgIpc) is 3.20. The second kappa shape index (κ2) is 6.62. The number of amides is 1. The van der Waals surface area contributed by atoms with Crippen molar-refractivity contribution in [2.75, 3.05) is 13.1 Å². The van der Waals surface area contributed by atoms with Gasteiger partial charge in [-0.1, -0.05) is 19.3 Å². The first-order chi connectivity index (χ1) is 11.3. The molecule has 0 radical (unpaired) electrons. The summed E-state index contributed by atoms with van der Waals surface area (Å²) in [6.07, 6.45) is 11.7. The molecule has 2 fully saturated rings. The highest BCUT2D eigenvalue weighted by atomic mass is 16.2. The van der Waals surface area contributed by atoms with Gasteiger partial charge in [0.1, 0.15) is 11.6 Å². The lowest BCUT2D eigenvalue weighted by atomic mass is 9.94. The van der Waals surface area contributed by atoms with Crippen LogP contribution < -0.4 is 0 Å². The minimum absolute atomic E-state index is 0.316. The van der Waals surface area contributed by atoms with Crippen molar-refractivity contribution in [2.24, 2.45) is 5.92 Å². The fraction of sp³-hybridized carbons (Fsp3) is 0.833. The Hall–Kier alpha value is -1.39. The van der Waals surface area contributed by atoms with Crippen LogP contribution in [0.4, 0.5) is 0 Å². The van der Waals surface area contributed by atoms with Gasteiger partial charge >= 0.3 is 0 Å². The predicted molar refractivity (Wildman–Crippen MR) is 88.1 cm³/mol. The highest BCUT2D eigenvalue weighted by Gasteiger charge is 2.32. The van der Waals surface area contributed by atoms with Crippen molar-refractivity contribution >= 4 is 5.91 Å². The van der Waals surface area contributed by atoms with Crippen molar-refractivity contribution < 1.29 is 4.79 Å². The number of carbonyl (C=O) groups is 1. The van der Waals surface area contributed by atoms with Gasteiger partial charge in [-0.2, -0.15) is 0 Å². The molecular formula is C18H28N4O. The lowest BCUT2D eigenvalue weighted by Crippen LogP contribution is -2.41. The molecule has 1 aliphatic carbocycles. The number of fused-ring (bicyclic) bond motifs is 1. The minimum Gasteiger partial charge on any atom is -0.342 e. The fourth-order valence-corrected chi connectivity index (χ4v) is 4.60. The van der Waals surface area contributed by atoms with Crippen LogP contribution in [-0.2, 0) is 17.8 Å². The molecule has 1 aromatic rings. The second-order valence-corrected chi connectivity index (χ2v) is 7.52. The first kappa shape index (κ1) is 15.2. The molecule has 0 unspecified atom stereocenters. The summed E-state index contributed by atoms with van der Waals surface area (Å²) < 4.78 is 2.38. The lowest BCUT2D eigenvalue weighted by molar-refractivity contribution is -0.136. The molecular weight excluding hydrogens is 288 g/mol. The summed E-state index contributed by atoms with van der Waals surface area (Å²) in [6, 6.07) is 0. The Morgan fingerprint density at radius 3 is 2.43 bits per heavy atom. The Morgan fingerprint density at radius 2 is 1.65 bits per heavy atom. The first-order valence-electron chi connectivity index (χ1n) is 9.53. The van der Waals surface area contributed by atoms with Gasteiger partial charge < -0.3 is 9.47 Å². The van der Waals surface area contributed by atoms with E-state index in [2.05, 4.69) is 19.7 Å². The van der Waals surface area contributed by atoms with E-state index < -0.39 is 0 Å². The van der Waals surface area contributed by atoms with E-state index >= 15 is 0 Å². The number of aromatic nitrogens is 3. The van der Waals surface area contributed by atoms with Gasteiger partial charge in [0, 0.05) is 37.9 Å². The van der Waals surface area contributed by atoms with E-state index in [1.807, 2.05) is 0 Å². The third kappa shape index (κ3) is 3.02. The smallest absolute Gasteiger partial charge is 0.225 e. The summed E-state index contributed by atoms with van der Waals surface area (Å²) in [5.41, 5.74) is 0. The van der Waals surface area contributed by atoms with Crippen LogP contribution in [0.25, 0.3) is 0 Å². The minimum atomic E-state index is 0.316. The molecule has 0 atom stereocenters. The van der Waals surface area contributed by atoms with Gasteiger partial charge in [-0.25, -0.2) is 0 Å². The van der Waals surface area contributed by atoms with E-state index in [-0.39, 0.29) is 0 Å². The second-order valence-electron chi connectivity index (χ2n) is 7.52. The van der Waals surface area contributed by atoms with E-state index in [4.69, 9.17) is 0 Å². The number of hydrogen-bond donors (Lipinski definition) is 0. The summed E-state index contributed by atoms with van der Waals surface area (Å²) in [5, 5.41) is 8.96. The normalized spacial score (nSPS) is 23.7. The van der Waals surface area contributed by atoms with Gasteiger partial charge in [-0.15, -0.1) is 10.2 Å². The predicted octanol–water partition coefficient (Wildman–Crippen LogP) is 2.90. The third-order valence-electron chi connectivity index (χ3n) is 6.01. The summed E-state index contributed by atoms with van der Waals surface area (Å²) in [7, 11) is 0. The third-order valence-corrected chi connectivity index (χ3v) is 6.01. The molecule has 0 N–H and O–H groups in total. The standard InChI is InChI=1S/C18H28N4O/c23-18(15-6-3-4-7-15)21-12-9-14(10-13-21)17-20-19-16-8-2-1-5-11-22(16)17/h14-15H,1-13H2. The van der Waals surface area contributed by atoms with Crippen LogP contribution in [0.5, 0.6) is 0 Å². The van der Waals surface area contributed by atoms with E-state index in [9.17, 15) is 4.79 Å². The van der Waals surface area contributed by atoms with Crippen molar-refractivity contribution in [3.8, 4) is 0 Å². The Morgan fingerprint density at radius 1 is 0.870 bits per heavy atom. The zero-order valence-corrected chi connectivity index (χ0v) is 14.0. The molecule has 5 nitrogen and oxygen atoms in total. The Balaban J connectivity index is 1.40. The zero-order valence-electron chi connectivity index (χ0n) is 14.0. The van der Waals surface area contributed by atoms with Gasteiger partial charge in [0.15, 0.2) is 0 Å². The molecule has 3 heterocycles. The van der Waals surface area contributed by atoms with Gasteiger partial charge in [-0.3, -0.25) is 4.79 Å². The van der Waals surface area contributed by atoms with Crippen molar-refractivity contribution in [3.63, 3.8) is 0 Å². The van der Waals surface area contributed by atoms with Crippen LogP contribution in [-0.4, -0.2) is 38.7 Å². The molecule has 1 saturated carbocycles. The quantitative estimate of drug-likeness (QED) is 0.843. The average molecular weight is 316 g/mol. The number of carbonyl (C=O) groups excluding carboxylic acids is 1. The van der Waals surface area contributed by atoms with Crippen LogP contribution in [0.3, 0.4) is 0 Å². The SMILES string of the molecule is O=C(C1CCCC1)N1CCC(c2nnc3n2CCCCC3)CC1. The maximum Gasteiger partial charge on any atom is 0.225 e. The maximum atomic E-state index is 12.6. The molecule has 1 amide bonds. The van der Waals surface area contributed by atoms with Crippen LogP contribution in [0.2, 0.25) is 0 Å². The van der Waals surface area contributed by atoms with Gasteiger partial charge in [-0.05, 0) is 38.5 Å². The monoisotopic (exact) mass is 316 g/mol. The molecule has 5 heteroatoms. The highest BCUT2D eigenvalue weighted by molar-refractivity contribution is 5.79. The van der Waals surface area contributed by atoms with Crippen LogP contribution in [0.15, 0.2) is 0 Å².